The first-order valence-electron chi connectivity index (χ1n) is 7.26. The molecule has 1 heterocycles. The van der Waals surface area contributed by atoms with E-state index in [1.54, 1.807) is 4.68 Å². The summed E-state index contributed by atoms with van der Waals surface area (Å²) in [6.07, 6.45) is 3.86. The van der Waals surface area contributed by atoms with Crippen molar-refractivity contribution in [1.82, 2.24) is 15.1 Å². The summed E-state index contributed by atoms with van der Waals surface area (Å²) in [6.45, 7) is 5.75. The predicted molar refractivity (Wildman–Crippen MR) is 85.5 cm³/mol. The highest BCUT2D eigenvalue weighted by atomic mass is 16.3. The average molecular weight is 288 g/mol. The molecular formula is C16H24N4O. The lowest BCUT2D eigenvalue weighted by Gasteiger charge is -2.21. The molecule has 1 aromatic heterocycles. The number of aromatic nitrogens is 2. The second-order valence-electron chi connectivity index (χ2n) is 5.40. The fourth-order valence-electron chi connectivity index (χ4n) is 2.47. The molecule has 2 N–H and O–H groups in total. The maximum absolute atomic E-state index is 10.2. The molecule has 0 aliphatic heterocycles. The Kier molecular flexibility index (Phi) is 4.85. The van der Waals surface area contributed by atoms with Crippen LogP contribution >= 0.6 is 0 Å². The summed E-state index contributed by atoms with van der Waals surface area (Å²) in [5, 5.41) is 17.7. The summed E-state index contributed by atoms with van der Waals surface area (Å²) in [5.74, 6) is 0.332. The molecule has 0 amide bonds. The zero-order chi connectivity index (χ0) is 15.4. The lowest BCUT2D eigenvalue weighted by atomic mass is 10.1. The molecule has 0 radical (unpaired) electrons. The van der Waals surface area contributed by atoms with Gasteiger partial charge in [-0.2, -0.15) is 5.10 Å². The fraction of sp³-hybridized carbons (Fsp3) is 0.438. The van der Waals surface area contributed by atoms with Crippen molar-refractivity contribution in [2.24, 2.45) is 7.05 Å². The van der Waals surface area contributed by atoms with Crippen molar-refractivity contribution in [2.45, 2.75) is 26.4 Å². The van der Waals surface area contributed by atoms with E-state index in [4.69, 9.17) is 0 Å². The van der Waals surface area contributed by atoms with Gasteiger partial charge in [-0.25, -0.2) is 0 Å². The summed E-state index contributed by atoms with van der Waals surface area (Å²) < 4.78 is 1.79. The molecule has 21 heavy (non-hydrogen) atoms. The molecule has 1 atom stereocenters. The Labute approximate surface area is 126 Å². The lowest BCUT2D eigenvalue weighted by molar-refractivity contribution is 0.454. The summed E-state index contributed by atoms with van der Waals surface area (Å²) in [5.41, 5.74) is 3.06. The lowest BCUT2D eigenvalue weighted by Crippen LogP contribution is -2.19. The quantitative estimate of drug-likeness (QED) is 0.857. The third-order valence-corrected chi connectivity index (χ3v) is 3.61. The van der Waals surface area contributed by atoms with Crippen LogP contribution in [0.15, 0.2) is 30.6 Å². The van der Waals surface area contributed by atoms with Gasteiger partial charge in [0.2, 0.25) is 0 Å². The van der Waals surface area contributed by atoms with Crippen molar-refractivity contribution in [3.05, 3.63) is 41.7 Å². The van der Waals surface area contributed by atoms with Crippen LogP contribution in [0, 0.1) is 0 Å². The number of aryl methyl sites for hydroxylation is 1. The van der Waals surface area contributed by atoms with Crippen LogP contribution in [0.25, 0.3) is 0 Å². The second-order valence-corrected chi connectivity index (χ2v) is 5.40. The highest BCUT2D eigenvalue weighted by Crippen LogP contribution is 2.29. The number of phenolic OH excluding ortho intramolecular Hbond substituents is 1. The maximum atomic E-state index is 10.2. The monoisotopic (exact) mass is 288 g/mol. The Morgan fingerprint density at radius 1 is 1.43 bits per heavy atom. The Bertz CT molecular complexity index is 594. The average Bonchev–Trinajstić information content (AvgIpc) is 2.84. The third-order valence-electron chi connectivity index (χ3n) is 3.61. The van der Waals surface area contributed by atoms with Crippen LogP contribution in [0.2, 0.25) is 0 Å². The number of anilines is 1. The first kappa shape index (κ1) is 15.4. The van der Waals surface area contributed by atoms with Gasteiger partial charge in [-0.3, -0.25) is 4.68 Å². The molecule has 2 rings (SSSR count). The van der Waals surface area contributed by atoms with Crippen molar-refractivity contribution in [3.63, 3.8) is 0 Å². The van der Waals surface area contributed by atoms with E-state index >= 15 is 0 Å². The van der Waals surface area contributed by atoms with Crippen LogP contribution in [0.5, 0.6) is 5.75 Å². The zero-order valence-electron chi connectivity index (χ0n) is 13.2. The van der Waals surface area contributed by atoms with E-state index in [1.165, 1.54) is 0 Å². The Morgan fingerprint density at radius 3 is 2.76 bits per heavy atom. The van der Waals surface area contributed by atoms with Crippen molar-refractivity contribution in [2.75, 3.05) is 18.5 Å². The van der Waals surface area contributed by atoms with Gasteiger partial charge in [-0.15, -0.1) is 0 Å². The molecule has 0 aliphatic rings. The third kappa shape index (κ3) is 3.76. The molecule has 2 aromatic rings. The molecule has 0 fully saturated rings. The van der Waals surface area contributed by atoms with Gasteiger partial charge in [-0.1, -0.05) is 13.0 Å². The first-order valence-corrected chi connectivity index (χ1v) is 7.26. The topological polar surface area (TPSA) is 53.3 Å². The largest absolute Gasteiger partial charge is 0.508 e. The summed E-state index contributed by atoms with van der Waals surface area (Å²) in [4.78, 5) is 2.10. The molecule has 1 aromatic carbocycles. The minimum Gasteiger partial charge on any atom is -0.508 e. The van der Waals surface area contributed by atoms with Crippen molar-refractivity contribution in [1.29, 1.82) is 0 Å². The predicted octanol–water partition coefficient (Wildman–Crippen LogP) is 2.43. The Balaban J connectivity index is 2.11. The normalized spacial score (nSPS) is 12.4. The number of rotatable bonds is 6. The van der Waals surface area contributed by atoms with Gasteiger partial charge >= 0.3 is 0 Å². The van der Waals surface area contributed by atoms with Gasteiger partial charge in [0.05, 0.1) is 6.20 Å². The number of aromatic hydroxyl groups is 1. The van der Waals surface area contributed by atoms with Gasteiger partial charge < -0.3 is 15.3 Å². The zero-order valence-corrected chi connectivity index (χ0v) is 13.2. The van der Waals surface area contributed by atoms with Crippen LogP contribution in [-0.4, -0.2) is 28.5 Å². The smallest absolute Gasteiger partial charge is 0.122 e. The summed E-state index contributed by atoms with van der Waals surface area (Å²) in [6, 6.07) is 5.99. The highest BCUT2D eigenvalue weighted by molar-refractivity contribution is 5.53. The van der Waals surface area contributed by atoms with Crippen LogP contribution < -0.4 is 10.2 Å². The minimum atomic E-state index is 0.146. The van der Waals surface area contributed by atoms with Crippen LogP contribution in [-0.2, 0) is 13.6 Å². The van der Waals surface area contributed by atoms with E-state index in [9.17, 15) is 5.11 Å². The van der Waals surface area contributed by atoms with Crippen molar-refractivity contribution < 1.29 is 5.11 Å². The Morgan fingerprint density at radius 2 is 2.19 bits per heavy atom. The summed E-state index contributed by atoms with van der Waals surface area (Å²) in [7, 11) is 3.92. The van der Waals surface area contributed by atoms with E-state index in [-0.39, 0.29) is 6.04 Å². The van der Waals surface area contributed by atoms with Crippen LogP contribution in [0.4, 0.5) is 5.69 Å². The van der Waals surface area contributed by atoms with Crippen LogP contribution in [0.1, 0.15) is 31.0 Å². The molecular weight excluding hydrogens is 264 g/mol. The van der Waals surface area contributed by atoms with E-state index < -0.39 is 0 Å². The molecule has 0 saturated carbocycles. The van der Waals surface area contributed by atoms with Crippen molar-refractivity contribution in [3.8, 4) is 5.75 Å². The molecule has 0 saturated heterocycles. The SMILES string of the molecule is CCNC(C)c1ccc(N(C)Cc2cnn(C)c2)cc1O. The number of hydrogen-bond donors (Lipinski definition) is 2. The number of nitrogens with one attached hydrogen (secondary N) is 1. The van der Waals surface area contributed by atoms with Gasteiger partial charge in [0.15, 0.2) is 0 Å². The Hall–Kier alpha value is -2.01. The van der Waals surface area contributed by atoms with Gasteiger partial charge in [0.25, 0.3) is 0 Å². The number of nitrogens with zero attached hydrogens (tertiary/aromatic N) is 3. The minimum absolute atomic E-state index is 0.146. The van der Waals surface area contributed by atoms with E-state index in [0.29, 0.717) is 5.75 Å². The van der Waals surface area contributed by atoms with Crippen LogP contribution in [0.3, 0.4) is 0 Å². The molecule has 5 nitrogen and oxygen atoms in total. The van der Waals surface area contributed by atoms with Gasteiger partial charge in [-0.05, 0) is 19.5 Å². The first-order chi connectivity index (χ1) is 10.0. The van der Waals surface area contributed by atoms with Crippen molar-refractivity contribution >= 4 is 5.69 Å². The molecule has 1 unspecified atom stereocenters. The number of benzene rings is 1. The fourth-order valence-corrected chi connectivity index (χ4v) is 2.47. The number of hydrogen-bond acceptors (Lipinski definition) is 4. The molecule has 114 valence electrons. The molecule has 5 heteroatoms. The standard InChI is InChI=1S/C16H24N4O/c1-5-17-12(2)15-7-6-14(8-16(15)21)19(3)10-13-9-18-20(4)11-13/h6-9,11-12,17,21H,5,10H2,1-4H3. The summed E-state index contributed by atoms with van der Waals surface area (Å²) >= 11 is 0. The van der Waals surface area contributed by atoms with E-state index in [0.717, 1.165) is 29.9 Å². The molecule has 0 aliphatic carbocycles. The molecule has 0 spiro atoms. The number of phenols is 1. The van der Waals surface area contributed by atoms with Gasteiger partial charge in [0.1, 0.15) is 5.75 Å². The maximum Gasteiger partial charge on any atom is 0.122 e. The van der Waals surface area contributed by atoms with Gasteiger partial charge in [0, 0.05) is 55.8 Å². The molecule has 0 bridgehead atoms. The highest BCUT2D eigenvalue weighted by Gasteiger charge is 2.11. The van der Waals surface area contributed by atoms with E-state index in [2.05, 4.69) is 29.2 Å². The second kappa shape index (κ2) is 6.63. The van der Waals surface area contributed by atoms with E-state index in [1.807, 2.05) is 44.7 Å².